The Kier molecular flexibility index (Phi) is 4.27. The van der Waals surface area contributed by atoms with Gasteiger partial charge in [-0.15, -0.1) is 0 Å². The van der Waals surface area contributed by atoms with Crippen LogP contribution in [0.5, 0.6) is 0 Å². The third kappa shape index (κ3) is 3.61. The molecule has 0 unspecified atom stereocenters. The first-order chi connectivity index (χ1) is 9.06. The molecule has 0 saturated heterocycles. The van der Waals surface area contributed by atoms with Crippen molar-refractivity contribution in [2.75, 3.05) is 5.32 Å². The highest BCUT2D eigenvalue weighted by Gasteiger charge is 2.18. The lowest BCUT2D eigenvalue weighted by molar-refractivity contribution is 0.0698. The van der Waals surface area contributed by atoms with Crippen molar-refractivity contribution < 1.29 is 14.7 Å². The second-order valence-corrected chi connectivity index (χ2v) is 5.01. The molecule has 1 aliphatic carbocycles. The van der Waals surface area contributed by atoms with E-state index in [1.807, 2.05) is 0 Å². The molecule has 6 heteroatoms. The maximum Gasteiger partial charge on any atom is 0.337 e. The van der Waals surface area contributed by atoms with Crippen LogP contribution < -0.4 is 10.6 Å². The van der Waals surface area contributed by atoms with Crippen LogP contribution in [0.15, 0.2) is 18.2 Å². The smallest absolute Gasteiger partial charge is 0.337 e. The second-order valence-electron chi connectivity index (χ2n) is 4.57. The molecule has 19 heavy (non-hydrogen) atoms. The molecular formula is C13H15ClN2O3. The number of carboxylic acid groups (broad SMARTS) is 1. The normalized spacial score (nSPS) is 15.2. The average molecular weight is 283 g/mol. The highest BCUT2D eigenvalue weighted by molar-refractivity contribution is 6.31. The van der Waals surface area contributed by atoms with E-state index >= 15 is 0 Å². The number of aromatic carboxylic acids is 1. The van der Waals surface area contributed by atoms with Crippen LogP contribution in [0.4, 0.5) is 10.5 Å². The molecule has 102 valence electrons. The molecule has 1 aromatic rings. The zero-order valence-corrected chi connectivity index (χ0v) is 11.0. The number of carbonyl (C=O) groups excluding carboxylic acids is 1. The molecule has 1 saturated carbocycles. The van der Waals surface area contributed by atoms with Crippen LogP contribution in [0.1, 0.15) is 36.0 Å². The predicted molar refractivity (Wildman–Crippen MR) is 72.8 cm³/mol. The van der Waals surface area contributed by atoms with Crippen molar-refractivity contribution in [2.45, 2.75) is 31.7 Å². The lowest BCUT2D eigenvalue weighted by Gasteiger charge is -2.14. The Hall–Kier alpha value is -1.75. The van der Waals surface area contributed by atoms with Crippen LogP contribution in [-0.2, 0) is 0 Å². The molecule has 3 N–H and O–H groups in total. The first kappa shape index (κ1) is 13.7. The Bertz CT molecular complexity index is 499. The molecule has 1 fully saturated rings. The summed E-state index contributed by atoms with van der Waals surface area (Å²) in [6.45, 7) is 0. The maximum atomic E-state index is 11.8. The molecule has 5 nitrogen and oxygen atoms in total. The summed E-state index contributed by atoms with van der Waals surface area (Å²) in [6, 6.07) is 4.06. The molecule has 0 radical (unpaired) electrons. The van der Waals surface area contributed by atoms with Crippen LogP contribution in [0, 0.1) is 0 Å². The van der Waals surface area contributed by atoms with E-state index in [2.05, 4.69) is 10.6 Å². The van der Waals surface area contributed by atoms with Gasteiger partial charge in [0.2, 0.25) is 0 Å². The van der Waals surface area contributed by atoms with Gasteiger partial charge in [-0.3, -0.25) is 0 Å². The van der Waals surface area contributed by atoms with E-state index in [0.717, 1.165) is 25.7 Å². The zero-order chi connectivity index (χ0) is 13.8. The van der Waals surface area contributed by atoms with Crippen LogP contribution in [-0.4, -0.2) is 23.1 Å². The largest absolute Gasteiger partial charge is 0.478 e. The van der Waals surface area contributed by atoms with E-state index in [-0.39, 0.29) is 17.3 Å². The summed E-state index contributed by atoms with van der Waals surface area (Å²) in [5, 5.41) is 14.8. The Morgan fingerprint density at radius 3 is 2.58 bits per heavy atom. The third-order valence-electron chi connectivity index (χ3n) is 3.15. The molecular weight excluding hydrogens is 268 g/mol. The highest BCUT2D eigenvalue weighted by Crippen LogP contribution is 2.22. The van der Waals surface area contributed by atoms with Crippen molar-refractivity contribution in [1.29, 1.82) is 0 Å². The van der Waals surface area contributed by atoms with Gasteiger partial charge < -0.3 is 15.7 Å². The zero-order valence-electron chi connectivity index (χ0n) is 10.3. The van der Waals surface area contributed by atoms with E-state index in [1.165, 1.54) is 18.2 Å². The average Bonchev–Trinajstić information content (AvgIpc) is 2.81. The molecule has 0 aromatic heterocycles. The summed E-state index contributed by atoms with van der Waals surface area (Å²) in [5.74, 6) is -1.10. The van der Waals surface area contributed by atoms with Gasteiger partial charge in [0.15, 0.2) is 0 Å². The summed E-state index contributed by atoms with van der Waals surface area (Å²) in [6.07, 6.45) is 4.16. The van der Waals surface area contributed by atoms with Crippen molar-refractivity contribution >= 4 is 29.3 Å². The van der Waals surface area contributed by atoms with Crippen LogP contribution in [0.3, 0.4) is 0 Å². The van der Waals surface area contributed by atoms with Gasteiger partial charge in [-0.25, -0.2) is 9.59 Å². The Morgan fingerprint density at radius 1 is 1.26 bits per heavy atom. The first-order valence-corrected chi connectivity index (χ1v) is 6.54. The maximum absolute atomic E-state index is 11.8. The van der Waals surface area contributed by atoms with Gasteiger partial charge in [0.25, 0.3) is 0 Å². The molecule has 1 aromatic carbocycles. The number of carbonyl (C=O) groups is 2. The van der Waals surface area contributed by atoms with Gasteiger partial charge in [0.1, 0.15) is 0 Å². The molecule has 1 aliphatic rings. The minimum absolute atomic E-state index is 0.0194. The number of carboxylic acids is 1. The summed E-state index contributed by atoms with van der Waals surface area (Å²) in [7, 11) is 0. The molecule has 0 atom stereocenters. The molecule has 0 heterocycles. The second kappa shape index (κ2) is 5.93. The standard InChI is InChI=1S/C13H15ClN2O3/c14-8-5-6-10(12(17)18)11(7-8)16-13(19)15-9-3-1-2-4-9/h5-7,9H,1-4H2,(H,17,18)(H2,15,16,19). The number of hydrogen-bond donors (Lipinski definition) is 3. The Balaban J connectivity index is 2.06. The number of halogens is 1. The SMILES string of the molecule is O=C(Nc1cc(Cl)ccc1C(=O)O)NC1CCCC1. The summed E-state index contributed by atoms with van der Waals surface area (Å²) < 4.78 is 0. The van der Waals surface area contributed by atoms with E-state index in [0.29, 0.717) is 5.02 Å². The fraction of sp³-hybridized carbons (Fsp3) is 0.385. The van der Waals surface area contributed by atoms with Gasteiger partial charge in [0.05, 0.1) is 11.3 Å². The minimum Gasteiger partial charge on any atom is -0.478 e. The summed E-state index contributed by atoms with van der Waals surface area (Å²) in [5.41, 5.74) is 0.224. The Morgan fingerprint density at radius 2 is 1.95 bits per heavy atom. The van der Waals surface area contributed by atoms with Gasteiger partial charge in [-0.1, -0.05) is 24.4 Å². The van der Waals surface area contributed by atoms with Crippen molar-refractivity contribution in [1.82, 2.24) is 5.32 Å². The van der Waals surface area contributed by atoms with E-state index < -0.39 is 12.0 Å². The summed E-state index contributed by atoms with van der Waals surface area (Å²) in [4.78, 5) is 22.8. The van der Waals surface area contributed by atoms with E-state index in [9.17, 15) is 9.59 Å². The third-order valence-corrected chi connectivity index (χ3v) is 3.39. The molecule has 2 amide bonds. The van der Waals surface area contributed by atoms with Crippen molar-refractivity contribution in [3.8, 4) is 0 Å². The first-order valence-electron chi connectivity index (χ1n) is 6.16. The summed E-state index contributed by atoms with van der Waals surface area (Å²) >= 11 is 5.81. The number of benzene rings is 1. The number of nitrogens with one attached hydrogen (secondary N) is 2. The van der Waals surface area contributed by atoms with Gasteiger partial charge in [0, 0.05) is 11.1 Å². The van der Waals surface area contributed by atoms with Crippen molar-refractivity contribution in [3.63, 3.8) is 0 Å². The minimum atomic E-state index is -1.10. The van der Waals surface area contributed by atoms with Gasteiger partial charge >= 0.3 is 12.0 Å². The molecule has 0 aliphatic heterocycles. The van der Waals surface area contributed by atoms with Crippen molar-refractivity contribution in [2.24, 2.45) is 0 Å². The number of rotatable bonds is 3. The fourth-order valence-electron chi connectivity index (χ4n) is 2.22. The monoisotopic (exact) mass is 282 g/mol. The number of anilines is 1. The van der Waals surface area contributed by atoms with Crippen LogP contribution in [0.2, 0.25) is 5.02 Å². The predicted octanol–water partition coefficient (Wildman–Crippen LogP) is 3.10. The van der Waals surface area contributed by atoms with E-state index in [1.54, 1.807) is 0 Å². The number of hydrogen-bond acceptors (Lipinski definition) is 2. The molecule has 0 spiro atoms. The quantitative estimate of drug-likeness (QED) is 0.797. The molecule has 2 rings (SSSR count). The van der Waals surface area contributed by atoms with Crippen molar-refractivity contribution in [3.05, 3.63) is 28.8 Å². The number of amides is 2. The lowest BCUT2D eigenvalue weighted by Crippen LogP contribution is -2.36. The topological polar surface area (TPSA) is 78.4 Å². The van der Waals surface area contributed by atoms with Gasteiger partial charge in [-0.2, -0.15) is 0 Å². The van der Waals surface area contributed by atoms with Crippen LogP contribution >= 0.6 is 11.6 Å². The van der Waals surface area contributed by atoms with Crippen LogP contribution in [0.25, 0.3) is 0 Å². The lowest BCUT2D eigenvalue weighted by atomic mass is 10.2. The molecule has 0 bridgehead atoms. The fourth-order valence-corrected chi connectivity index (χ4v) is 2.39. The highest BCUT2D eigenvalue weighted by atomic mass is 35.5. The Labute approximate surface area is 116 Å². The number of urea groups is 1. The van der Waals surface area contributed by atoms with Gasteiger partial charge in [-0.05, 0) is 31.0 Å². The van der Waals surface area contributed by atoms with E-state index in [4.69, 9.17) is 16.7 Å².